The summed E-state index contributed by atoms with van der Waals surface area (Å²) >= 11 is 2.05. The van der Waals surface area contributed by atoms with Crippen LogP contribution in [0.25, 0.3) is 22.1 Å². The average Bonchev–Trinajstić information content (AvgIpc) is 3.11. The molecule has 7 nitrogen and oxygen atoms in total. The van der Waals surface area contributed by atoms with E-state index in [-0.39, 0.29) is 11.2 Å². The summed E-state index contributed by atoms with van der Waals surface area (Å²) in [6.45, 7) is 0. The van der Waals surface area contributed by atoms with E-state index in [9.17, 15) is 10.1 Å². The number of hydrogen-bond donors (Lipinski definition) is 0. The van der Waals surface area contributed by atoms with E-state index in [0.29, 0.717) is 26.7 Å². The van der Waals surface area contributed by atoms with Gasteiger partial charge in [-0.1, -0.05) is 12.1 Å². The maximum Gasteiger partial charge on any atom is 0.312 e. The van der Waals surface area contributed by atoms with Crippen molar-refractivity contribution >= 4 is 51.3 Å². The zero-order valence-electron chi connectivity index (χ0n) is 10.8. The highest BCUT2D eigenvalue weighted by Crippen LogP contribution is 2.39. The molecule has 108 valence electrons. The van der Waals surface area contributed by atoms with Crippen LogP contribution in [0, 0.1) is 10.1 Å². The van der Waals surface area contributed by atoms with Crippen LogP contribution >= 0.6 is 23.5 Å². The number of nitro benzene ring substituents is 1. The molecule has 0 N–H and O–H groups in total. The molecule has 0 atom stereocenters. The fraction of sp³-hybridized carbons (Fsp3) is 0. The summed E-state index contributed by atoms with van der Waals surface area (Å²) in [6, 6.07) is 10.7. The van der Waals surface area contributed by atoms with Crippen molar-refractivity contribution in [2.24, 2.45) is 0 Å². The molecular formula is C13H6N4O3S2. The number of aromatic nitrogens is 3. The van der Waals surface area contributed by atoms with Crippen LogP contribution in [0.4, 0.5) is 5.69 Å². The molecule has 22 heavy (non-hydrogen) atoms. The Morgan fingerprint density at radius 2 is 2.00 bits per heavy atom. The lowest BCUT2D eigenvalue weighted by Crippen LogP contribution is -1.92. The number of nitro groups is 1. The minimum Gasteiger partial charge on any atom is -0.431 e. The molecule has 0 spiro atoms. The molecule has 9 heteroatoms. The molecule has 2 aromatic heterocycles. The normalized spacial score (nSPS) is 11.3. The molecule has 0 aliphatic carbocycles. The molecule has 0 saturated carbocycles. The smallest absolute Gasteiger partial charge is 0.312 e. The molecule has 0 fully saturated rings. The summed E-state index contributed by atoms with van der Waals surface area (Å²) in [5.41, 5.74) is 2.08. The Morgan fingerprint density at radius 3 is 2.82 bits per heavy atom. The van der Waals surface area contributed by atoms with E-state index in [1.807, 2.05) is 18.2 Å². The summed E-state index contributed by atoms with van der Waals surface area (Å²) in [7, 11) is 0. The summed E-state index contributed by atoms with van der Waals surface area (Å²) in [5, 5.41) is 11.7. The lowest BCUT2D eigenvalue weighted by atomic mass is 10.3. The van der Waals surface area contributed by atoms with Gasteiger partial charge in [-0.15, -0.1) is 0 Å². The van der Waals surface area contributed by atoms with Gasteiger partial charge >= 0.3 is 5.69 Å². The van der Waals surface area contributed by atoms with Gasteiger partial charge in [0.1, 0.15) is 11.0 Å². The van der Waals surface area contributed by atoms with Gasteiger partial charge in [0.25, 0.3) is 5.22 Å². The van der Waals surface area contributed by atoms with E-state index in [0.717, 1.165) is 23.5 Å². The van der Waals surface area contributed by atoms with Gasteiger partial charge in [0.15, 0.2) is 11.1 Å². The van der Waals surface area contributed by atoms with Crippen LogP contribution in [0.5, 0.6) is 0 Å². The van der Waals surface area contributed by atoms with Crippen molar-refractivity contribution < 1.29 is 9.34 Å². The highest BCUT2D eigenvalue weighted by atomic mass is 32.2. The van der Waals surface area contributed by atoms with Crippen molar-refractivity contribution in [2.75, 3.05) is 0 Å². The molecule has 4 aromatic rings. The van der Waals surface area contributed by atoms with Crippen molar-refractivity contribution in [3.8, 4) is 0 Å². The molecule has 4 rings (SSSR count). The highest BCUT2D eigenvalue weighted by Gasteiger charge is 2.23. The Morgan fingerprint density at radius 1 is 1.14 bits per heavy atom. The first-order valence-corrected chi connectivity index (χ1v) is 7.70. The van der Waals surface area contributed by atoms with Crippen LogP contribution in [0.15, 0.2) is 50.9 Å². The number of benzene rings is 2. The van der Waals surface area contributed by atoms with Crippen LogP contribution in [0.2, 0.25) is 0 Å². The van der Waals surface area contributed by atoms with Gasteiger partial charge in [-0.05, 0) is 36.0 Å². The fourth-order valence-electron chi connectivity index (χ4n) is 2.07. The van der Waals surface area contributed by atoms with Gasteiger partial charge in [-0.25, -0.2) is 4.98 Å². The van der Waals surface area contributed by atoms with Crippen LogP contribution in [0.1, 0.15) is 0 Å². The number of para-hydroxylation sites is 2. The Hall–Kier alpha value is -2.52. The summed E-state index contributed by atoms with van der Waals surface area (Å²) < 4.78 is 13.6. The van der Waals surface area contributed by atoms with Gasteiger partial charge < -0.3 is 4.42 Å². The third-order valence-electron chi connectivity index (χ3n) is 3.02. The number of oxazole rings is 1. The Bertz CT molecular complexity index is 978. The molecule has 0 bridgehead atoms. The first-order valence-electron chi connectivity index (χ1n) is 6.15. The quantitative estimate of drug-likeness (QED) is 0.415. The van der Waals surface area contributed by atoms with E-state index in [1.54, 1.807) is 18.2 Å². The van der Waals surface area contributed by atoms with E-state index in [2.05, 4.69) is 13.7 Å². The van der Waals surface area contributed by atoms with Gasteiger partial charge in [0.05, 0.1) is 21.5 Å². The number of rotatable bonds is 3. The fourth-order valence-corrected chi connectivity index (χ4v) is 3.47. The highest BCUT2D eigenvalue weighted by molar-refractivity contribution is 7.99. The van der Waals surface area contributed by atoms with Crippen LogP contribution in [-0.4, -0.2) is 18.7 Å². The Balaban J connectivity index is 1.83. The number of nitrogens with zero attached hydrogens (tertiary/aromatic N) is 4. The molecule has 0 radical (unpaired) electrons. The third kappa shape index (κ3) is 2.11. The van der Waals surface area contributed by atoms with E-state index >= 15 is 0 Å². The van der Waals surface area contributed by atoms with Crippen molar-refractivity contribution in [1.29, 1.82) is 0 Å². The van der Waals surface area contributed by atoms with Crippen LogP contribution in [-0.2, 0) is 0 Å². The second-order valence-electron chi connectivity index (χ2n) is 4.35. The van der Waals surface area contributed by atoms with Crippen molar-refractivity contribution in [2.45, 2.75) is 10.1 Å². The molecule has 0 aliphatic heterocycles. The zero-order valence-corrected chi connectivity index (χ0v) is 12.4. The second kappa shape index (κ2) is 5.04. The van der Waals surface area contributed by atoms with Crippen molar-refractivity contribution in [3.05, 3.63) is 46.5 Å². The molecule has 2 heterocycles. The SMILES string of the molecule is O=[N+]([O-])c1c(Sc2nc3ccccc3o2)ccc2nsnc12. The van der Waals surface area contributed by atoms with Crippen LogP contribution in [0.3, 0.4) is 0 Å². The van der Waals surface area contributed by atoms with E-state index in [4.69, 9.17) is 4.42 Å². The Kier molecular flexibility index (Phi) is 3.01. The van der Waals surface area contributed by atoms with Crippen molar-refractivity contribution in [1.82, 2.24) is 13.7 Å². The molecular weight excluding hydrogens is 324 g/mol. The first-order chi connectivity index (χ1) is 10.7. The lowest BCUT2D eigenvalue weighted by Gasteiger charge is -1.99. The maximum absolute atomic E-state index is 11.4. The molecule has 0 amide bonds. The average molecular weight is 330 g/mol. The van der Waals surface area contributed by atoms with Crippen molar-refractivity contribution in [3.63, 3.8) is 0 Å². The van der Waals surface area contributed by atoms with Crippen LogP contribution < -0.4 is 0 Å². The van der Waals surface area contributed by atoms with Gasteiger partial charge in [0.2, 0.25) is 0 Å². The predicted octanol–water partition coefficient (Wildman–Crippen LogP) is 3.89. The van der Waals surface area contributed by atoms with Gasteiger partial charge in [-0.3, -0.25) is 10.1 Å². The molecule has 0 saturated heterocycles. The predicted molar refractivity (Wildman–Crippen MR) is 82.2 cm³/mol. The van der Waals surface area contributed by atoms with E-state index < -0.39 is 4.92 Å². The minimum absolute atomic E-state index is 0.0708. The topological polar surface area (TPSA) is 95.0 Å². The van der Waals surface area contributed by atoms with E-state index in [1.165, 1.54) is 0 Å². The summed E-state index contributed by atoms with van der Waals surface area (Å²) in [6.07, 6.45) is 0. The van der Waals surface area contributed by atoms with Gasteiger partial charge in [-0.2, -0.15) is 8.75 Å². The largest absolute Gasteiger partial charge is 0.431 e. The molecule has 0 unspecified atom stereocenters. The first kappa shape index (κ1) is 13.2. The standard InChI is InChI=1S/C13H6N4O3S2/c18-17(19)12-10(6-5-8-11(12)16-22-15-8)21-13-14-7-3-1-2-4-9(7)20-13/h1-6H. The second-order valence-corrected chi connectivity index (χ2v) is 5.87. The summed E-state index contributed by atoms with van der Waals surface area (Å²) in [5.74, 6) is 0. The lowest BCUT2D eigenvalue weighted by molar-refractivity contribution is -0.386. The number of hydrogen-bond acceptors (Lipinski definition) is 8. The number of fused-ring (bicyclic) bond motifs is 2. The Labute approximate surface area is 131 Å². The zero-order chi connectivity index (χ0) is 15.1. The third-order valence-corrected chi connectivity index (χ3v) is 4.46. The molecule has 2 aromatic carbocycles. The monoisotopic (exact) mass is 330 g/mol. The minimum atomic E-state index is -0.450. The molecule has 0 aliphatic rings. The maximum atomic E-state index is 11.4. The summed E-state index contributed by atoms with van der Waals surface area (Å²) in [4.78, 5) is 15.7. The van der Waals surface area contributed by atoms with Gasteiger partial charge in [0, 0.05) is 0 Å².